The number of hydrogen-bond acceptors (Lipinski definition) is 5. The molecule has 0 saturated carbocycles. The van der Waals surface area contributed by atoms with Crippen molar-refractivity contribution >= 4 is 50.9 Å². The van der Waals surface area contributed by atoms with E-state index >= 15 is 0 Å². The van der Waals surface area contributed by atoms with Crippen molar-refractivity contribution < 1.29 is 28.6 Å². The van der Waals surface area contributed by atoms with Crippen molar-refractivity contribution in [2.75, 3.05) is 19.7 Å². The molecule has 5 rings (SSSR count). The maximum Gasteiger partial charge on any atom is 0.320 e. The van der Waals surface area contributed by atoms with Crippen LogP contribution >= 0.6 is 11.6 Å². The van der Waals surface area contributed by atoms with E-state index in [0.29, 0.717) is 52.9 Å². The number of aliphatic carboxylic acids is 1. The number of carbonyl (C=O) groups is 3. The first-order chi connectivity index (χ1) is 18.2. The molecule has 0 bridgehead atoms. The Balaban J connectivity index is 1.39. The number of likely N-dealkylation sites (tertiary alicyclic amines) is 1. The van der Waals surface area contributed by atoms with Crippen LogP contribution in [-0.2, 0) is 11.3 Å². The van der Waals surface area contributed by atoms with Crippen molar-refractivity contribution in [1.82, 2.24) is 9.47 Å². The molecule has 0 aliphatic carbocycles. The number of aromatic nitrogens is 1. The predicted octanol–water partition coefficient (Wildman–Crippen LogP) is 4.50. The molecule has 4 aromatic rings. The van der Waals surface area contributed by atoms with Gasteiger partial charge in [0, 0.05) is 35.3 Å². The molecule has 1 aromatic heterocycles. The zero-order chi connectivity index (χ0) is 27.0. The number of rotatable bonds is 9. The highest BCUT2D eigenvalue weighted by Crippen LogP contribution is 2.29. The number of benzene rings is 3. The van der Waals surface area contributed by atoms with Gasteiger partial charge in [-0.3, -0.25) is 19.3 Å². The Morgan fingerprint density at radius 3 is 2.63 bits per heavy atom. The molecular formula is C28H25ClFN3O5. The number of ketones is 1. The zero-order valence-electron chi connectivity index (χ0n) is 20.3. The standard InChI is InChI=1S/C28H25ClFN3O5/c29-18-4-3-16-12-26(21(27(31)35)11-17(16)10-18)38-15-25(34)22-14-33(24-13-19(30)5-6-20(22)24)9-8-32-7-1-2-23(32)28(36)37/h3-6,10-14,23H,1-2,7-9,15H2,(H2,31,35)(H,36,37)/t23-/m1/s1. The van der Waals surface area contributed by atoms with E-state index in [-0.39, 0.29) is 23.7 Å². The van der Waals surface area contributed by atoms with Crippen LogP contribution in [0.3, 0.4) is 0 Å². The van der Waals surface area contributed by atoms with Crippen molar-refractivity contribution in [1.29, 1.82) is 0 Å². The van der Waals surface area contributed by atoms with Gasteiger partial charge < -0.3 is 20.1 Å². The van der Waals surface area contributed by atoms with Crippen molar-refractivity contribution in [2.45, 2.75) is 25.4 Å². The molecular weight excluding hydrogens is 513 g/mol. The second-order valence-electron chi connectivity index (χ2n) is 9.35. The molecule has 0 radical (unpaired) electrons. The fourth-order valence-corrected chi connectivity index (χ4v) is 5.24. The average Bonchev–Trinajstić information content (AvgIpc) is 3.50. The smallest absolute Gasteiger partial charge is 0.320 e. The molecule has 1 saturated heterocycles. The number of carboxylic acid groups (broad SMARTS) is 1. The first-order valence-corrected chi connectivity index (χ1v) is 12.5. The van der Waals surface area contributed by atoms with Crippen LogP contribution in [0.5, 0.6) is 5.75 Å². The first-order valence-electron chi connectivity index (χ1n) is 12.2. The fraction of sp³-hybridized carbons (Fsp3) is 0.250. The van der Waals surface area contributed by atoms with Gasteiger partial charge in [-0.05, 0) is 72.6 Å². The Hall–Kier alpha value is -3.95. The van der Waals surface area contributed by atoms with Crippen molar-refractivity contribution in [3.8, 4) is 5.75 Å². The maximum absolute atomic E-state index is 14.1. The minimum atomic E-state index is -0.856. The molecule has 0 unspecified atom stereocenters. The highest BCUT2D eigenvalue weighted by atomic mass is 35.5. The Kier molecular flexibility index (Phi) is 7.05. The first kappa shape index (κ1) is 25.7. The third kappa shape index (κ3) is 5.07. The number of nitrogens with zero attached hydrogens (tertiary/aromatic N) is 2. The molecule has 8 nitrogen and oxygen atoms in total. The summed E-state index contributed by atoms with van der Waals surface area (Å²) in [5.41, 5.74) is 6.54. The molecule has 10 heteroatoms. The number of nitrogens with two attached hydrogens (primary N) is 1. The van der Waals surface area contributed by atoms with Crippen LogP contribution in [0.4, 0.5) is 4.39 Å². The summed E-state index contributed by atoms with van der Waals surface area (Å²) in [6.07, 6.45) is 3.03. The van der Waals surface area contributed by atoms with Crippen molar-refractivity contribution in [3.63, 3.8) is 0 Å². The number of primary amides is 1. The molecule has 1 aliphatic heterocycles. The number of amides is 1. The topological polar surface area (TPSA) is 115 Å². The molecule has 3 aromatic carbocycles. The van der Waals surface area contributed by atoms with Crippen LogP contribution in [0.1, 0.15) is 33.6 Å². The maximum atomic E-state index is 14.1. The van der Waals surface area contributed by atoms with Gasteiger partial charge in [0.1, 0.15) is 17.6 Å². The summed E-state index contributed by atoms with van der Waals surface area (Å²) in [7, 11) is 0. The van der Waals surface area contributed by atoms with Crippen LogP contribution in [0, 0.1) is 5.82 Å². The Morgan fingerprint density at radius 1 is 1.05 bits per heavy atom. The quantitative estimate of drug-likeness (QED) is 0.304. The molecule has 1 fully saturated rings. The number of halogens is 2. The lowest BCUT2D eigenvalue weighted by Gasteiger charge is -2.21. The molecule has 2 heterocycles. The van der Waals surface area contributed by atoms with Crippen molar-refractivity contribution in [3.05, 3.63) is 76.7 Å². The Bertz CT molecular complexity index is 1580. The minimum Gasteiger partial charge on any atom is -0.485 e. The summed E-state index contributed by atoms with van der Waals surface area (Å²) >= 11 is 6.05. The summed E-state index contributed by atoms with van der Waals surface area (Å²) in [5.74, 6) is -2.20. The highest BCUT2D eigenvalue weighted by molar-refractivity contribution is 6.31. The van der Waals surface area contributed by atoms with E-state index in [4.69, 9.17) is 22.1 Å². The van der Waals surface area contributed by atoms with Gasteiger partial charge in [0.2, 0.25) is 5.78 Å². The summed E-state index contributed by atoms with van der Waals surface area (Å²) in [5, 5.41) is 12.0. The summed E-state index contributed by atoms with van der Waals surface area (Å²) in [6.45, 7) is 1.13. The largest absolute Gasteiger partial charge is 0.485 e. The van der Waals surface area contributed by atoms with Gasteiger partial charge in [-0.2, -0.15) is 0 Å². The van der Waals surface area contributed by atoms with Gasteiger partial charge in [-0.1, -0.05) is 17.7 Å². The molecule has 1 atom stereocenters. The normalized spacial score (nSPS) is 15.8. The number of ether oxygens (including phenoxy) is 1. The van der Waals surface area contributed by atoms with E-state index in [1.54, 1.807) is 47.2 Å². The van der Waals surface area contributed by atoms with Gasteiger partial charge >= 0.3 is 5.97 Å². The lowest BCUT2D eigenvalue weighted by molar-refractivity contribution is -0.142. The molecule has 3 N–H and O–H groups in total. The van der Waals surface area contributed by atoms with E-state index < -0.39 is 23.7 Å². The van der Waals surface area contributed by atoms with Crippen LogP contribution in [0.2, 0.25) is 5.02 Å². The van der Waals surface area contributed by atoms with E-state index in [2.05, 4.69) is 0 Å². The summed E-state index contributed by atoms with van der Waals surface area (Å²) < 4.78 is 21.7. The van der Waals surface area contributed by atoms with Crippen LogP contribution < -0.4 is 10.5 Å². The lowest BCUT2D eigenvalue weighted by Crippen LogP contribution is -2.37. The molecule has 1 amide bonds. The van der Waals surface area contributed by atoms with Gasteiger partial charge in [0.15, 0.2) is 6.61 Å². The molecule has 38 heavy (non-hydrogen) atoms. The molecule has 1 aliphatic rings. The number of Topliss-reactive ketones (excluding diaryl/α,β-unsaturated/α-hetero) is 1. The SMILES string of the molecule is NC(=O)c1cc2cc(Cl)ccc2cc1OCC(=O)c1cn(CCN2CCC[C@@H]2C(=O)O)c2cc(F)ccc12. The summed E-state index contributed by atoms with van der Waals surface area (Å²) in [4.78, 5) is 38.7. The zero-order valence-corrected chi connectivity index (χ0v) is 21.1. The monoisotopic (exact) mass is 537 g/mol. The van der Waals surface area contributed by atoms with E-state index in [1.165, 1.54) is 12.1 Å². The van der Waals surface area contributed by atoms with Crippen LogP contribution in [0.15, 0.2) is 54.7 Å². The molecule has 0 spiro atoms. The van der Waals surface area contributed by atoms with Gasteiger partial charge in [0.25, 0.3) is 5.91 Å². The van der Waals surface area contributed by atoms with Crippen molar-refractivity contribution in [2.24, 2.45) is 5.73 Å². The van der Waals surface area contributed by atoms with Crippen LogP contribution in [-0.4, -0.2) is 58.0 Å². The highest BCUT2D eigenvalue weighted by Gasteiger charge is 2.30. The van der Waals surface area contributed by atoms with Crippen LogP contribution in [0.25, 0.3) is 21.7 Å². The number of carboxylic acids is 1. The van der Waals surface area contributed by atoms with Gasteiger partial charge in [-0.25, -0.2) is 4.39 Å². The van der Waals surface area contributed by atoms with Gasteiger partial charge in [0.05, 0.1) is 11.1 Å². The fourth-order valence-electron chi connectivity index (χ4n) is 5.06. The second kappa shape index (κ2) is 10.4. The third-order valence-electron chi connectivity index (χ3n) is 6.95. The van der Waals surface area contributed by atoms with E-state index in [1.807, 2.05) is 4.90 Å². The number of carbonyl (C=O) groups excluding carboxylic acids is 2. The number of fused-ring (bicyclic) bond motifs is 2. The predicted molar refractivity (Wildman–Crippen MR) is 141 cm³/mol. The van der Waals surface area contributed by atoms with E-state index in [0.717, 1.165) is 11.8 Å². The lowest BCUT2D eigenvalue weighted by atomic mass is 10.1. The molecule has 196 valence electrons. The second-order valence-corrected chi connectivity index (χ2v) is 9.78. The minimum absolute atomic E-state index is 0.121. The summed E-state index contributed by atoms with van der Waals surface area (Å²) in [6, 6.07) is 12.0. The third-order valence-corrected chi connectivity index (χ3v) is 7.18. The van der Waals surface area contributed by atoms with Gasteiger partial charge in [-0.15, -0.1) is 0 Å². The van der Waals surface area contributed by atoms with E-state index in [9.17, 15) is 23.9 Å². The number of hydrogen-bond donors (Lipinski definition) is 2. The average molecular weight is 538 g/mol. The Morgan fingerprint density at radius 2 is 1.87 bits per heavy atom. The Labute approximate surface area is 222 Å².